The molecule has 110 valence electrons. The lowest BCUT2D eigenvalue weighted by molar-refractivity contribution is 0.307. The van der Waals surface area contributed by atoms with E-state index in [1.54, 1.807) is 24.3 Å². The molecule has 0 bridgehead atoms. The molecular weight excluding hydrogens is 260 g/mol. The minimum atomic E-state index is 0.230. The first-order valence-corrected chi connectivity index (χ1v) is 7.53. The Morgan fingerprint density at radius 3 is 1.90 bits per heavy atom. The van der Waals surface area contributed by atoms with E-state index in [1.165, 1.54) is 25.7 Å². The highest BCUT2D eigenvalue weighted by atomic mass is 16.3. The zero-order chi connectivity index (χ0) is 14.9. The number of benzene rings is 2. The van der Waals surface area contributed by atoms with Crippen molar-refractivity contribution < 1.29 is 5.11 Å². The molecule has 0 aromatic heterocycles. The molecule has 1 saturated carbocycles. The molecule has 0 spiro atoms. The molecular formula is C18H22N2O. The van der Waals surface area contributed by atoms with Crippen molar-refractivity contribution in [3.63, 3.8) is 0 Å². The van der Waals surface area contributed by atoms with Gasteiger partial charge in [0.1, 0.15) is 5.75 Å². The number of nitrogens with zero attached hydrogens (tertiary/aromatic N) is 2. The first-order valence-electron chi connectivity index (χ1n) is 7.53. The summed E-state index contributed by atoms with van der Waals surface area (Å²) < 4.78 is 0. The third-order valence-electron chi connectivity index (χ3n) is 3.69. The van der Waals surface area contributed by atoms with Crippen LogP contribution in [0.15, 0.2) is 64.8 Å². The molecule has 0 atom stereocenters. The average molecular weight is 282 g/mol. The van der Waals surface area contributed by atoms with E-state index in [1.807, 2.05) is 30.3 Å². The average Bonchev–Trinajstić information content (AvgIpc) is 2.47. The van der Waals surface area contributed by atoms with E-state index in [0.717, 1.165) is 17.3 Å². The van der Waals surface area contributed by atoms with Crippen LogP contribution in [0.25, 0.3) is 0 Å². The van der Waals surface area contributed by atoms with Gasteiger partial charge in [-0.1, -0.05) is 50.8 Å². The van der Waals surface area contributed by atoms with Gasteiger partial charge in [-0.25, -0.2) is 0 Å². The van der Waals surface area contributed by atoms with Crippen molar-refractivity contribution in [2.45, 2.75) is 32.6 Å². The highest BCUT2D eigenvalue weighted by Crippen LogP contribution is 2.28. The molecule has 0 aliphatic heterocycles. The SMILES string of the molecule is CCC1CCC1.Oc1ccc(N=Nc2ccccc2)cc1. The Morgan fingerprint density at radius 2 is 1.48 bits per heavy atom. The number of rotatable bonds is 3. The molecule has 3 heteroatoms. The lowest BCUT2D eigenvalue weighted by atomic mass is 9.84. The van der Waals surface area contributed by atoms with E-state index in [9.17, 15) is 0 Å². The number of azo groups is 1. The van der Waals surface area contributed by atoms with Crippen LogP contribution >= 0.6 is 0 Å². The number of phenols is 1. The van der Waals surface area contributed by atoms with Crippen LogP contribution in [0.2, 0.25) is 0 Å². The van der Waals surface area contributed by atoms with E-state index in [2.05, 4.69) is 17.2 Å². The maximum absolute atomic E-state index is 9.07. The molecule has 0 radical (unpaired) electrons. The van der Waals surface area contributed by atoms with Gasteiger partial charge in [0.05, 0.1) is 11.4 Å². The molecule has 0 unspecified atom stereocenters. The Balaban J connectivity index is 0.000000225. The van der Waals surface area contributed by atoms with E-state index in [0.29, 0.717) is 0 Å². The summed E-state index contributed by atoms with van der Waals surface area (Å²) in [4.78, 5) is 0. The van der Waals surface area contributed by atoms with Crippen molar-refractivity contribution in [1.29, 1.82) is 0 Å². The summed E-state index contributed by atoms with van der Waals surface area (Å²) in [7, 11) is 0. The van der Waals surface area contributed by atoms with E-state index >= 15 is 0 Å². The van der Waals surface area contributed by atoms with Gasteiger partial charge in [-0.15, -0.1) is 0 Å². The molecule has 0 amide bonds. The summed E-state index contributed by atoms with van der Waals surface area (Å²) in [6.45, 7) is 2.28. The zero-order valence-corrected chi connectivity index (χ0v) is 12.4. The fourth-order valence-electron chi connectivity index (χ4n) is 2.03. The summed E-state index contributed by atoms with van der Waals surface area (Å²) in [5.41, 5.74) is 1.53. The molecule has 1 aliphatic carbocycles. The van der Waals surface area contributed by atoms with Crippen LogP contribution in [0, 0.1) is 5.92 Å². The molecule has 2 aromatic carbocycles. The third-order valence-corrected chi connectivity index (χ3v) is 3.69. The van der Waals surface area contributed by atoms with Gasteiger partial charge in [-0.05, 0) is 42.3 Å². The molecule has 1 N–H and O–H groups in total. The van der Waals surface area contributed by atoms with E-state index < -0.39 is 0 Å². The predicted octanol–water partition coefficient (Wildman–Crippen LogP) is 6.00. The summed E-state index contributed by atoms with van der Waals surface area (Å²) in [5, 5.41) is 17.2. The van der Waals surface area contributed by atoms with Crippen molar-refractivity contribution in [3.05, 3.63) is 54.6 Å². The molecule has 2 aromatic rings. The van der Waals surface area contributed by atoms with Gasteiger partial charge >= 0.3 is 0 Å². The van der Waals surface area contributed by atoms with Crippen molar-refractivity contribution in [2.24, 2.45) is 16.1 Å². The van der Waals surface area contributed by atoms with Crippen molar-refractivity contribution in [2.75, 3.05) is 0 Å². The number of phenolic OH excluding ortho intramolecular Hbond substituents is 1. The largest absolute Gasteiger partial charge is 0.508 e. The molecule has 0 heterocycles. The second kappa shape index (κ2) is 8.20. The fourth-order valence-corrected chi connectivity index (χ4v) is 2.03. The lowest BCUT2D eigenvalue weighted by Crippen LogP contribution is -2.08. The normalized spacial score (nSPS) is 14.3. The van der Waals surface area contributed by atoms with Crippen LogP contribution in [0.5, 0.6) is 5.75 Å². The van der Waals surface area contributed by atoms with Gasteiger partial charge in [0, 0.05) is 0 Å². The quantitative estimate of drug-likeness (QED) is 0.689. The Hall–Kier alpha value is -2.16. The highest BCUT2D eigenvalue weighted by Gasteiger charge is 2.13. The van der Waals surface area contributed by atoms with Crippen LogP contribution in [0.1, 0.15) is 32.6 Å². The Labute approximate surface area is 126 Å². The van der Waals surface area contributed by atoms with Gasteiger partial charge in [-0.2, -0.15) is 10.2 Å². The number of hydrogen-bond donors (Lipinski definition) is 1. The second-order valence-electron chi connectivity index (χ2n) is 5.26. The molecule has 21 heavy (non-hydrogen) atoms. The van der Waals surface area contributed by atoms with Gasteiger partial charge < -0.3 is 5.11 Å². The molecule has 3 nitrogen and oxygen atoms in total. The zero-order valence-electron chi connectivity index (χ0n) is 12.4. The molecule has 1 fully saturated rings. The van der Waals surface area contributed by atoms with Crippen LogP contribution in [0.4, 0.5) is 11.4 Å². The number of hydrogen-bond acceptors (Lipinski definition) is 3. The summed E-state index contributed by atoms with van der Waals surface area (Å²) >= 11 is 0. The van der Waals surface area contributed by atoms with Crippen molar-refractivity contribution in [3.8, 4) is 5.75 Å². The van der Waals surface area contributed by atoms with Gasteiger partial charge in [0.15, 0.2) is 0 Å². The maximum atomic E-state index is 9.07. The highest BCUT2D eigenvalue weighted by molar-refractivity contribution is 5.42. The van der Waals surface area contributed by atoms with Crippen LogP contribution in [0.3, 0.4) is 0 Å². The van der Waals surface area contributed by atoms with E-state index in [-0.39, 0.29) is 5.75 Å². The molecule has 0 saturated heterocycles. The monoisotopic (exact) mass is 282 g/mol. The standard InChI is InChI=1S/C12H10N2O.C6H12/c15-12-8-6-11(7-9-12)14-13-10-4-2-1-3-5-10;1-2-6-4-3-5-6/h1-9,15H;6H,2-5H2,1H3. The Kier molecular flexibility index (Phi) is 5.95. The van der Waals surface area contributed by atoms with Crippen molar-refractivity contribution >= 4 is 11.4 Å². The van der Waals surface area contributed by atoms with Gasteiger partial charge in [0.25, 0.3) is 0 Å². The van der Waals surface area contributed by atoms with Crippen LogP contribution in [-0.4, -0.2) is 5.11 Å². The van der Waals surface area contributed by atoms with Crippen LogP contribution < -0.4 is 0 Å². The van der Waals surface area contributed by atoms with Gasteiger partial charge in [-0.3, -0.25) is 0 Å². The summed E-state index contributed by atoms with van der Waals surface area (Å²) in [5.74, 6) is 1.35. The summed E-state index contributed by atoms with van der Waals surface area (Å²) in [6.07, 6.45) is 5.94. The van der Waals surface area contributed by atoms with Crippen molar-refractivity contribution in [1.82, 2.24) is 0 Å². The maximum Gasteiger partial charge on any atom is 0.115 e. The Morgan fingerprint density at radius 1 is 0.905 bits per heavy atom. The first kappa shape index (κ1) is 15.2. The fraction of sp³-hybridized carbons (Fsp3) is 0.333. The molecule has 3 rings (SSSR count). The minimum absolute atomic E-state index is 0.230. The topological polar surface area (TPSA) is 45.0 Å². The molecule has 1 aliphatic rings. The van der Waals surface area contributed by atoms with E-state index in [4.69, 9.17) is 5.11 Å². The Bertz CT molecular complexity index is 542. The number of aromatic hydroxyl groups is 1. The lowest BCUT2D eigenvalue weighted by Gasteiger charge is -2.22. The summed E-state index contributed by atoms with van der Waals surface area (Å²) in [6, 6.07) is 16.1. The third kappa shape index (κ3) is 5.38. The minimum Gasteiger partial charge on any atom is -0.508 e. The second-order valence-corrected chi connectivity index (χ2v) is 5.26. The predicted molar refractivity (Wildman–Crippen MR) is 86.4 cm³/mol. The van der Waals surface area contributed by atoms with Crippen LogP contribution in [-0.2, 0) is 0 Å². The van der Waals surface area contributed by atoms with Gasteiger partial charge in [0.2, 0.25) is 0 Å². The smallest absolute Gasteiger partial charge is 0.115 e. The first-order chi connectivity index (χ1) is 10.3.